The highest BCUT2D eigenvalue weighted by molar-refractivity contribution is 5.72. The van der Waals surface area contributed by atoms with Crippen LogP contribution in [0, 0.1) is 5.92 Å². The first-order valence-electron chi connectivity index (χ1n) is 11.0. The topological polar surface area (TPSA) is 75.8 Å². The minimum absolute atomic E-state index is 0.0459. The summed E-state index contributed by atoms with van der Waals surface area (Å²) in [6, 6.07) is 6.61. The van der Waals surface area contributed by atoms with Gasteiger partial charge in [0.25, 0.3) is 0 Å². The van der Waals surface area contributed by atoms with Gasteiger partial charge in [0, 0.05) is 12.6 Å². The molecule has 29 heavy (non-hydrogen) atoms. The minimum atomic E-state index is -0.468. The SMILES string of the molecule is CC(C)CN(c1ccc([C@H](C)CC(=O)OC(C)(C)C)cc1N)[C@H]1CC[C@H](O)CC1. The van der Waals surface area contributed by atoms with Crippen LogP contribution in [0.3, 0.4) is 0 Å². The van der Waals surface area contributed by atoms with E-state index in [-0.39, 0.29) is 18.0 Å². The molecule has 5 nitrogen and oxygen atoms in total. The zero-order valence-corrected chi connectivity index (χ0v) is 19.1. The van der Waals surface area contributed by atoms with Crippen molar-refractivity contribution < 1.29 is 14.6 Å². The fourth-order valence-electron chi connectivity index (χ4n) is 4.10. The summed E-state index contributed by atoms with van der Waals surface area (Å²) in [7, 11) is 0. The zero-order chi connectivity index (χ0) is 21.8. The first-order chi connectivity index (χ1) is 13.5. The average Bonchev–Trinajstić information content (AvgIpc) is 2.58. The van der Waals surface area contributed by atoms with Gasteiger partial charge in [-0.05, 0) is 76.0 Å². The number of carbonyl (C=O) groups is 1. The fourth-order valence-corrected chi connectivity index (χ4v) is 4.10. The van der Waals surface area contributed by atoms with Gasteiger partial charge in [0.1, 0.15) is 5.60 Å². The highest BCUT2D eigenvalue weighted by atomic mass is 16.6. The number of aliphatic hydroxyl groups is 1. The summed E-state index contributed by atoms with van der Waals surface area (Å²) >= 11 is 0. The Hall–Kier alpha value is -1.75. The molecule has 0 saturated heterocycles. The number of rotatable bonds is 7. The lowest BCUT2D eigenvalue weighted by Crippen LogP contribution is -2.41. The molecule has 0 radical (unpaired) electrons. The number of hydrogen-bond donors (Lipinski definition) is 2. The van der Waals surface area contributed by atoms with Crippen LogP contribution in [-0.2, 0) is 9.53 Å². The number of nitrogens with two attached hydrogens (primary N) is 1. The van der Waals surface area contributed by atoms with Crippen LogP contribution in [0.2, 0.25) is 0 Å². The minimum Gasteiger partial charge on any atom is -0.460 e. The maximum absolute atomic E-state index is 12.2. The van der Waals surface area contributed by atoms with Crippen molar-refractivity contribution in [1.29, 1.82) is 0 Å². The Kier molecular flexibility index (Phi) is 7.98. The number of esters is 1. The summed E-state index contributed by atoms with van der Waals surface area (Å²) < 4.78 is 5.45. The van der Waals surface area contributed by atoms with Gasteiger partial charge in [0.2, 0.25) is 0 Å². The van der Waals surface area contributed by atoms with E-state index >= 15 is 0 Å². The van der Waals surface area contributed by atoms with Gasteiger partial charge in [0.05, 0.1) is 23.9 Å². The van der Waals surface area contributed by atoms with Crippen LogP contribution in [0.4, 0.5) is 11.4 Å². The number of benzene rings is 1. The van der Waals surface area contributed by atoms with E-state index < -0.39 is 5.60 Å². The third kappa shape index (κ3) is 7.22. The van der Waals surface area contributed by atoms with Crippen LogP contribution in [-0.4, -0.2) is 35.4 Å². The Bertz CT molecular complexity index is 673. The van der Waals surface area contributed by atoms with Gasteiger partial charge in [-0.1, -0.05) is 26.8 Å². The maximum Gasteiger partial charge on any atom is 0.306 e. The predicted octanol–water partition coefficient (Wildman–Crippen LogP) is 4.87. The Morgan fingerprint density at radius 1 is 1.21 bits per heavy atom. The van der Waals surface area contributed by atoms with Gasteiger partial charge < -0.3 is 20.5 Å². The Labute approximate surface area is 176 Å². The van der Waals surface area contributed by atoms with E-state index in [1.807, 2.05) is 33.8 Å². The number of nitrogen functional groups attached to an aromatic ring is 1. The second-order valence-electron chi connectivity index (χ2n) is 10.0. The standard InChI is InChI=1S/C24H40N2O3/c1-16(2)15-26(19-8-10-20(27)11-9-19)22-12-7-18(14-21(22)25)17(3)13-23(28)29-24(4,5)6/h7,12,14,16-17,19-20,27H,8-11,13,15,25H2,1-6H3/t17-,19-,20-/m1/s1. The number of anilines is 2. The van der Waals surface area contributed by atoms with Gasteiger partial charge in [-0.3, -0.25) is 4.79 Å². The van der Waals surface area contributed by atoms with E-state index in [9.17, 15) is 9.90 Å². The quantitative estimate of drug-likeness (QED) is 0.501. The van der Waals surface area contributed by atoms with E-state index in [0.29, 0.717) is 18.4 Å². The van der Waals surface area contributed by atoms with Crippen LogP contribution >= 0.6 is 0 Å². The van der Waals surface area contributed by atoms with Crippen molar-refractivity contribution in [1.82, 2.24) is 0 Å². The van der Waals surface area contributed by atoms with E-state index in [4.69, 9.17) is 10.5 Å². The van der Waals surface area contributed by atoms with Gasteiger partial charge in [-0.15, -0.1) is 0 Å². The summed E-state index contributed by atoms with van der Waals surface area (Å²) in [5, 5.41) is 9.87. The van der Waals surface area contributed by atoms with Crippen molar-refractivity contribution in [2.45, 2.75) is 97.3 Å². The molecule has 1 aromatic carbocycles. The molecule has 0 aliphatic heterocycles. The summed E-state index contributed by atoms with van der Waals surface area (Å²) in [6.45, 7) is 13.1. The molecule has 164 valence electrons. The first-order valence-corrected chi connectivity index (χ1v) is 11.0. The Morgan fingerprint density at radius 3 is 2.34 bits per heavy atom. The maximum atomic E-state index is 12.2. The molecule has 1 fully saturated rings. The predicted molar refractivity (Wildman–Crippen MR) is 120 cm³/mol. The highest BCUT2D eigenvalue weighted by Gasteiger charge is 2.27. The summed E-state index contributed by atoms with van der Waals surface area (Å²) in [5.41, 5.74) is 8.90. The molecular formula is C24H40N2O3. The van der Waals surface area contributed by atoms with Gasteiger partial charge >= 0.3 is 5.97 Å². The van der Waals surface area contributed by atoms with E-state index in [0.717, 1.165) is 49.2 Å². The molecule has 0 bridgehead atoms. The number of hydrogen-bond acceptors (Lipinski definition) is 5. The van der Waals surface area contributed by atoms with Crippen LogP contribution in [0.15, 0.2) is 18.2 Å². The van der Waals surface area contributed by atoms with Crippen molar-refractivity contribution in [2.75, 3.05) is 17.2 Å². The molecule has 1 aliphatic carbocycles. The fraction of sp³-hybridized carbons (Fsp3) is 0.708. The molecule has 3 N–H and O–H groups in total. The monoisotopic (exact) mass is 404 g/mol. The number of aliphatic hydroxyl groups excluding tert-OH is 1. The second kappa shape index (κ2) is 9.84. The zero-order valence-electron chi connectivity index (χ0n) is 19.1. The molecule has 0 spiro atoms. The number of nitrogens with zero attached hydrogens (tertiary/aromatic N) is 1. The lowest BCUT2D eigenvalue weighted by Gasteiger charge is -2.39. The van der Waals surface area contributed by atoms with Crippen molar-refractivity contribution in [2.24, 2.45) is 5.92 Å². The highest BCUT2D eigenvalue weighted by Crippen LogP contribution is 2.34. The number of ether oxygens (including phenoxy) is 1. The molecule has 1 saturated carbocycles. The molecule has 0 heterocycles. The largest absolute Gasteiger partial charge is 0.460 e. The molecule has 0 unspecified atom stereocenters. The lowest BCUT2D eigenvalue weighted by atomic mass is 9.90. The van der Waals surface area contributed by atoms with Gasteiger partial charge in [-0.2, -0.15) is 0 Å². The van der Waals surface area contributed by atoms with E-state index in [1.165, 1.54) is 0 Å². The van der Waals surface area contributed by atoms with E-state index in [2.05, 4.69) is 30.9 Å². The third-order valence-corrected chi connectivity index (χ3v) is 5.49. The summed E-state index contributed by atoms with van der Waals surface area (Å²) in [6.07, 6.45) is 3.86. The average molecular weight is 405 g/mol. The normalized spacial score (nSPS) is 21.1. The second-order valence-corrected chi connectivity index (χ2v) is 10.0. The third-order valence-electron chi connectivity index (χ3n) is 5.49. The van der Waals surface area contributed by atoms with Crippen molar-refractivity contribution >= 4 is 17.3 Å². The summed E-state index contributed by atoms with van der Waals surface area (Å²) in [4.78, 5) is 14.6. The van der Waals surface area contributed by atoms with Crippen LogP contribution in [0.25, 0.3) is 0 Å². The summed E-state index contributed by atoms with van der Waals surface area (Å²) in [5.74, 6) is 0.381. The molecule has 1 atom stereocenters. The smallest absolute Gasteiger partial charge is 0.306 e. The van der Waals surface area contributed by atoms with Crippen molar-refractivity contribution in [3.05, 3.63) is 23.8 Å². The molecule has 2 rings (SSSR count). The lowest BCUT2D eigenvalue weighted by molar-refractivity contribution is -0.155. The molecule has 1 aliphatic rings. The number of carbonyl (C=O) groups excluding carboxylic acids is 1. The Balaban J connectivity index is 2.15. The molecule has 5 heteroatoms. The van der Waals surface area contributed by atoms with E-state index in [1.54, 1.807) is 0 Å². The molecule has 0 amide bonds. The van der Waals surface area contributed by atoms with Crippen molar-refractivity contribution in [3.8, 4) is 0 Å². The molecular weight excluding hydrogens is 364 g/mol. The molecule has 0 aromatic heterocycles. The van der Waals surface area contributed by atoms with Gasteiger partial charge in [-0.25, -0.2) is 0 Å². The van der Waals surface area contributed by atoms with Crippen LogP contribution < -0.4 is 10.6 Å². The van der Waals surface area contributed by atoms with Gasteiger partial charge in [0.15, 0.2) is 0 Å². The molecule has 1 aromatic rings. The van der Waals surface area contributed by atoms with Crippen LogP contribution in [0.5, 0.6) is 0 Å². The van der Waals surface area contributed by atoms with Crippen LogP contribution in [0.1, 0.15) is 85.1 Å². The first kappa shape index (κ1) is 23.5. The Morgan fingerprint density at radius 2 is 1.83 bits per heavy atom. The van der Waals surface area contributed by atoms with Crippen molar-refractivity contribution in [3.63, 3.8) is 0 Å².